The molecule has 0 saturated carbocycles. The molecule has 0 spiro atoms. The Balaban J connectivity index is 2.03. The fourth-order valence-electron chi connectivity index (χ4n) is 1.84. The largest absolute Gasteiger partial charge is 0.485 e. The molecule has 1 heterocycles. The molecule has 0 aliphatic carbocycles. The Morgan fingerprint density at radius 2 is 2.39 bits per heavy atom. The number of likely N-dealkylation sites (tertiary alicyclic amines) is 1. The number of amides is 1. The number of ether oxygens (including phenoxy) is 1. The van der Waals surface area contributed by atoms with Gasteiger partial charge in [0, 0.05) is 13.0 Å². The molecule has 5 nitrogen and oxygen atoms in total. The summed E-state index contributed by atoms with van der Waals surface area (Å²) in [5, 5.41) is 17.4. The molecule has 94 valence electrons. The van der Waals surface area contributed by atoms with Crippen LogP contribution >= 0.6 is 0 Å². The van der Waals surface area contributed by atoms with Crippen molar-refractivity contribution in [2.24, 2.45) is 0 Å². The Kier molecular flexibility index (Phi) is 3.33. The van der Waals surface area contributed by atoms with E-state index in [-0.39, 0.29) is 24.0 Å². The first-order chi connectivity index (χ1) is 8.60. The van der Waals surface area contributed by atoms with E-state index in [4.69, 9.17) is 15.1 Å². The Labute approximate surface area is 103 Å². The molecule has 0 aromatic heterocycles. The molecule has 1 aromatic rings. The maximum absolute atomic E-state index is 13.5. The Bertz CT molecular complexity index is 513. The van der Waals surface area contributed by atoms with Gasteiger partial charge in [0.15, 0.2) is 11.6 Å². The molecular weight excluding hydrogens is 239 g/mol. The normalized spacial score (nSPS) is 18.4. The first kappa shape index (κ1) is 12.2. The molecule has 1 aromatic carbocycles. The van der Waals surface area contributed by atoms with Crippen LogP contribution in [0.25, 0.3) is 0 Å². The molecule has 1 fully saturated rings. The van der Waals surface area contributed by atoms with E-state index in [1.807, 2.05) is 6.07 Å². The molecule has 18 heavy (non-hydrogen) atoms. The number of halogens is 1. The number of rotatable bonds is 2. The Hall–Kier alpha value is -2.29. The second kappa shape index (κ2) is 4.92. The molecule has 2 rings (SSSR count). The van der Waals surface area contributed by atoms with E-state index in [0.717, 1.165) is 6.07 Å². The Morgan fingerprint density at radius 3 is 2.94 bits per heavy atom. The summed E-state index contributed by atoms with van der Waals surface area (Å²) in [5.74, 6) is -0.561. The lowest BCUT2D eigenvalue weighted by atomic mass is 10.2. The predicted molar refractivity (Wildman–Crippen MR) is 59.7 cm³/mol. The summed E-state index contributed by atoms with van der Waals surface area (Å²) in [6.07, 6.45) is -0.809. The molecular formula is C12H11FN2O3. The van der Waals surface area contributed by atoms with Crippen molar-refractivity contribution in [3.05, 3.63) is 29.6 Å². The summed E-state index contributed by atoms with van der Waals surface area (Å²) in [6.45, 7) is 0.618. The van der Waals surface area contributed by atoms with E-state index in [1.54, 1.807) is 0 Å². The average Bonchev–Trinajstić information content (AvgIpc) is 2.80. The fourth-order valence-corrected chi connectivity index (χ4v) is 1.84. The zero-order chi connectivity index (χ0) is 13.1. The number of hydrogen-bond acceptors (Lipinski definition) is 3. The summed E-state index contributed by atoms with van der Waals surface area (Å²) in [7, 11) is 0. The van der Waals surface area contributed by atoms with Crippen LogP contribution in [-0.2, 0) is 0 Å². The third-order valence-corrected chi connectivity index (χ3v) is 2.77. The van der Waals surface area contributed by atoms with Crippen molar-refractivity contribution in [2.75, 3.05) is 13.1 Å². The third kappa shape index (κ3) is 2.51. The van der Waals surface area contributed by atoms with Crippen molar-refractivity contribution in [1.82, 2.24) is 4.90 Å². The van der Waals surface area contributed by atoms with Gasteiger partial charge in [-0.3, -0.25) is 0 Å². The maximum Gasteiger partial charge on any atom is 0.407 e. The lowest BCUT2D eigenvalue weighted by molar-refractivity contribution is 0.144. The molecule has 6 heteroatoms. The van der Waals surface area contributed by atoms with Crippen LogP contribution in [0, 0.1) is 17.1 Å². The number of carbonyl (C=O) groups is 1. The van der Waals surface area contributed by atoms with Crippen molar-refractivity contribution in [3.8, 4) is 11.8 Å². The van der Waals surface area contributed by atoms with Gasteiger partial charge in [0.25, 0.3) is 0 Å². The van der Waals surface area contributed by atoms with Crippen molar-refractivity contribution in [1.29, 1.82) is 5.26 Å². The molecule has 1 aliphatic heterocycles. The molecule has 0 unspecified atom stereocenters. The van der Waals surface area contributed by atoms with E-state index in [1.165, 1.54) is 17.0 Å². The van der Waals surface area contributed by atoms with Gasteiger partial charge in [-0.15, -0.1) is 0 Å². The summed E-state index contributed by atoms with van der Waals surface area (Å²) >= 11 is 0. The van der Waals surface area contributed by atoms with E-state index in [2.05, 4.69) is 0 Å². The van der Waals surface area contributed by atoms with Crippen molar-refractivity contribution >= 4 is 6.09 Å². The lowest BCUT2D eigenvalue weighted by Crippen LogP contribution is -2.29. The van der Waals surface area contributed by atoms with Crippen LogP contribution in [0.4, 0.5) is 9.18 Å². The smallest absolute Gasteiger partial charge is 0.407 e. The standard InChI is InChI=1S/C12H11FN2O3/c13-10-5-8(6-14)1-2-11(10)18-9-3-4-15(7-9)12(16)17/h1-2,5,9H,3-4,7H2,(H,16,17)/t9-/m0/s1. The average molecular weight is 250 g/mol. The first-order valence-corrected chi connectivity index (χ1v) is 5.44. The minimum absolute atomic E-state index is 0.0474. The van der Waals surface area contributed by atoms with Gasteiger partial charge in [0.1, 0.15) is 6.10 Å². The van der Waals surface area contributed by atoms with Crippen LogP contribution in [0.15, 0.2) is 18.2 Å². The van der Waals surface area contributed by atoms with Crippen molar-refractivity contribution in [2.45, 2.75) is 12.5 Å². The maximum atomic E-state index is 13.5. The molecule has 0 bridgehead atoms. The quantitative estimate of drug-likeness (QED) is 0.868. The van der Waals surface area contributed by atoms with Crippen molar-refractivity contribution in [3.63, 3.8) is 0 Å². The number of nitriles is 1. The second-order valence-electron chi connectivity index (χ2n) is 4.01. The van der Waals surface area contributed by atoms with Crippen LogP contribution in [-0.4, -0.2) is 35.3 Å². The highest BCUT2D eigenvalue weighted by atomic mass is 19.1. The minimum Gasteiger partial charge on any atom is -0.485 e. The summed E-state index contributed by atoms with van der Waals surface area (Å²) in [5.41, 5.74) is 0.221. The molecule has 1 aliphatic rings. The van der Waals surface area contributed by atoms with Gasteiger partial charge in [0.05, 0.1) is 18.2 Å². The van der Waals surface area contributed by atoms with Crippen molar-refractivity contribution < 1.29 is 19.0 Å². The van der Waals surface area contributed by atoms with Crippen LogP contribution in [0.5, 0.6) is 5.75 Å². The zero-order valence-corrected chi connectivity index (χ0v) is 9.47. The van der Waals surface area contributed by atoms with Crippen LogP contribution in [0.2, 0.25) is 0 Å². The second-order valence-corrected chi connectivity index (χ2v) is 4.01. The van der Waals surface area contributed by atoms with E-state index >= 15 is 0 Å². The topological polar surface area (TPSA) is 73.6 Å². The van der Waals surface area contributed by atoms with Crippen LogP contribution < -0.4 is 4.74 Å². The minimum atomic E-state index is -0.999. The zero-order valence-electron chi connectivity index (χ0n) is 9.47. The fraction of sp³-hybridized carbons (Fsp3) is 0.333. The number of nitrogens with zero attached hydrogens (tertiary/aromatic N) is 2. The number of hydrogen-bond donors (Lipinski definition) is 1. The molecule has 1 N–H and O–H groups in total. The van der Waals surface area contributed by atoms with E-state index in [0.29, 0.717) is 13.0 Å². The monoisotopic (exact) mass is 250 g/mol. The third-order valence-electron chi connectivity index (χ3n) is 2.77. The van der Waals surface area contributed by atoms with E-state index in [9.17, 15) is 9.18 Å². The molecule has 1 saturated heterocycles. The Morgan fingerprint density at radius 1 is 1.61 bits per heavy atom. The number of carboxylic acid groups (broad SMARTS) is 1. The van der Waals surface area contributed by atoms with E-state index < -0.39 is 11.9 Å². The summed E-state index contributed by atoms with van der Waals surface area (Å²) < 4.78 is 18.9. The molecule has 1 atom stereocenters. The highest BCUT2D eigenvalue weighted by Crippen LogP contribution is 2.22. The van der Waals surface area contributed by atoms with Gasteiger partial charge in [-0.1, -0.05) is 0 Å². The van der Waals surface area contributed by atoms with Gasteiger partial charge in [-0.25, -0.2) is 9.18 Å². The highest BCUT2D eigenvalue weighted by Gasteiger charge is 2.27. The lowest BCUT2D eigenvalue weighted by Gasteiger charge is -2.14. The SMILES string of the molecule is N#Cc1ccc(O[C@H]2CCN(C(=O)O)C2)c(F)c1. The molecule has 0 radical (unpaired) electrons. The van der Waals surface area contributed by atoms with Crippen LogP contribution in [0.1, 0.15) is 12.0 Å². The highest BCUT2D eigenvalue weighted by molar-refractivity contribution is 5.65. The van der Waals surface area contributed by atoms with Gasteiger partial charge in [-0.05, 0) is 18.2 Å². The van der Waals surface area contributed by atoms with Crippen LogP contribution in [0.3, 0.4) is 0 Å². The first-order valence-electron chi connectivity index (χ1n) is 5.44. The van der Waals surface area contributed by atoms with Gasteiger partial charge >= 0.3 is 6.09 Å². The number of benzene rings is 1. The van der Waals surface area contributed by atoms with Gasteiger partial charge in [-0.2, -0.15) is 5.26 Å². The predicted octanol–water partition coefficient (Wildman–Crippen LogP) is 1.83. The molecule has 1 amide bonds. The summed E-state index contributed by atoms with van der Waals surface area (Å²) in [4.78, 5) is 11.9. The van der Waals surface area contributed by atoms with Gasteiger partial charge < -0.3 is 14.7 Å². The summed E-state index contributed by atoms with van der Waals surface area (Å²) in [6, 6.07) is 5.77. The van der Waals surface area contributed by atoms with Gasteiger partial charge in [0.2, 0.25) is 0 Å².